The molecule has 0 aliphatic rings. The van der Waals surface area contributed by atoms with Crippen LogP contribution in [0.2, 0.25) is 0 Å². The number of aryl methyl sites for hydroxylation is 1. The van der Waals surface area contributed by atoms with Crippen LogP contribution in [0.15, 0.2) is 54.2 Å². The van der Waals surface area contributed by atoms with Crippen LogP contribution in [0.4, 0.5) is 0 Å². The van der Waals surface area contributed by atoms with Gasteiger partial charge in [-0.05, 0) is 48.6 Å². The highest BCUT2D eigenvalue weighted by molar-refractivity contribution is 5.97. The standard InChI is InChI=1S/C24H29N3O3/c1-5-18-6-9-20(10-7-18)17(2)27-24(28)21(15-25)16-26-13-12-19-8-11-22(29-3)23(14-19)30-4/h6-11,14,16-17,26H,5,12-13H2,1-4H3,(H,27,28)/b21-16-. The maximum atomic E-state index is 12.4. The summed E-state index contributed by atoms with van der Waals surface area (Å²) in [7, 11) is 3.19. The van der Waals surface area contributed by atoms with Crippen molar-refractivity contribution < 1.29 is 14.3 Å². The van der Waals surface area contributed by atoms with Crippen molar-refractivity contribution in [2.45, 2.75) is 32.7 Å². The molecule has 2 rings (SSSR count). The lowest BCUT2D eigenvalue weighted by Gasteiger charge is -2.14. The molecule has 2 N–H and O–H groups in total. The van der Waals surface area contributed by atoms with Gasteiger partial charge < -0.3 is 20.1 Å². The maximum Gasteiger partial charge on any atom is 0.263 e. The molecule has 0 saturated heterocycles. The van der Waals surface area contributed by atoms with Crippen LogP contribution in [-0.2, 0) is 17.6 Å². The lowest BCUT2D eigenvalue weighted by Crippen LogP contribution is -2.28. The van der Waals surface area contributed by atoms with E-state index in [1.807, 2.05) is 43.3 Å². The molecule has 0 spiro atoms. The van der Waals surface area contributed by atoms with Crippen LogP contribution >= 0.6 is 0 Å². The molecule has 6 heteroatoms. The van der Waals surface area contributed by atoms with Crippen molar-refractivity contribution in [1.29, 1.82) is 5.26 Å². The number of ether oxygens (including phenoxy) is 2. The molecule has 0 fully saturated rings. The second-order valence-corrected chi connectivity index (χ2v) is 6.85. The van der Waals surface area contributed by atoms with Crippen LogP contribution < -0.4 is 20.1 Å². The van der Waals surface area contributed by atoms with Crippen molar-refractivity contribution in [2.75, 3.05) is 20.8 Å². The van der Waals surface area contributed by atoms with Crippen molar-refractivity contribution in [1.82, 2.24) is 10.6 Å². The van der Waals surface area contributed by atoms with E-state index in [1.165, 1.54) is 11.8 Å². The Morgan fingerprint density at radius 1 is 1.10 bits per heavy atom. The Morgan fingerprint density at radius 2 is 1.77 bits per heavy atom. The molecule has 2 aromatic carbocycles. The van der Waals surface area contributed by atoms with E-state index in [9.17, 15) is 10.1 Å². The summed E-state index contributed by atoms with van der Waals surface area (Å²) in [5.74, 6) is 0.947. The van der Waals surface area contributed by atoms with E-state index in [1.54, 1.807) is 14.2 Å². The molecule has 0 saturated carbocycles. The summed E-state index contributed by atoms with van der Waals surface area (Å²) < 4.78 is 10.5. The number of nitrogens with one attached hydrogen (secondary N) is 2. The molecule has 6 nitrogen and oxygen atoms in total. The summed E-state index contributed by atoms with van der Waals surface area (Å²) in [6.07, 6.45) is 3.14. The van der Waals surface area contributed by atoms with Gasteiger partial charge in [0.05, 0.1) is 20.3 Å². The van der Waals surface area contributed by atoms with Crippen LogP contribution in [0, 0.1) is 11.3 Å². The lowest BCUT2D eigenvalue weighted by atomic mass is 10.0. The van der Waals surface area contributed by atoms with Gasteiger partial charge in [0.2, 0.25) is 0 Å². The van der Waals surface area contributed by atoms with Crippen LogP contribution in [0.3, 0.4) is 0 Å². The van der Waals surface area contributed by atoms with Gasteiger partial charge in [-0.2, -0.15) is 5.26 Å². The molecular weight excluding hydrogens is 378 g/mol. The fraction of sp³-hybridized carbons (Fsp3) is 0.333. The van der Waals surface area contributed by atoms with Crippen LogP contribution in [0.1, 0.15) is 36.6 Å². The minimum absolute atomic E-state index is 0.0411. The zero-order valence-corrected chi connectivity index (χ0v) is 18.0. The predicted octanol–water partition coefficient (Wildman–Crippen LogP) is 3.68. The van der Waals surface area contributed by atoms with Gasteiger partial charge in [-0.15, -0.1) is 0 Å². The average molecular weight is 408 g/mol. The smallest absolute Gasteiger partial charge is 0.263 e. The van der Waals surface area contributed by atoms with Gasteiger partial charge in [-0.1, -0.05) is 37.3 Å². The molecule has 0 bridgehead atoms. The number of hydrogen-bond donors (Lipinski definition) is 2. The summed E-state index contributed by atoms with van der Waals surface area (Å²) in [4.78, 5) is 12.4. The van der Waals surface area contributed by atoms with Gasteiger partial charge in [-0.25, -0.2) is 0 Å². The third-order valence-corrected chi connectivity index (χ3v) is 4.85. The first kappa shape index (κ1) is 22.8. The minimum atomic E-state index is -0.400. The molecule has 30 heavy (non-hydrogen) atoms. The van der Waals surface area contributed by atoms with Gasteiger partial charge in [0, 0.05) is 12.7 Å². The van der Waals surface area contributed by atoms with Gasteiger partial charge in [0.15, 0.2) is 11.5 Å². The van der Waals surface area contributed by atoms with Crippen LogP contribution in [0.5, 0.6) is 11.5 Å². The van der Waals surface area contributed by atoms with Crippen LogP contribution in [0.25, 0.3) is 0 Å². The van der Waals surface area contributed by atoms with E-state index >= 15 is 0 Å². The van der Waals surface area contributed by atoms with Crippen LogP contribution in [-0.4, -0.2) is 26.7 Å². The number of nitrogens with zero attached hydrogens (tertiary/aromatic N) is 1. The first-order valence-corrected chi connectivity index (χ1v) is 9.96. The average Bonchev–Trinajstić information content (AvgIpc) is 2.78. The summed E-state index contributed by atoms with van der Waals surface area (Å²) >= 11 is 0. The number of methoxy groups -OCH3 is 2. The Morgan fingerprint density at radius 3 is 2.37 bits per heavy atom. The molecule has 0 aliphatic heterocycles. The number of carbonyl (C=O) groups excluding carboxylic acids is 1. The predicted molar refractivity (Wildman–Crippen MR) is 117 cm³/mol. The maximum absolute atomic E-state index is 12.4. The number of benzene rings is 2. The van der Waals surface area contributed by atoms with Crippen molar-refractivity contribution in [3.63, 3.8) is 0 Å². The fourth-order valence-corrected chi connectivity index (χ4v) is 2.98. The second kappa shape index (κ2) is 11.5. The summed E-state index contributed by atoms with van der Waals surface area (Å²) in [6.45, 7) is 4.57. The first-order chi connectivity index (χ1) is 14.5. The highest BCUT2D eigenvalue weighted by atomic mass is 16.5. The van der Waals surface area contributed by atoms with E-state index in [0.29, 0.717) is 24.5 Å². The highest BCUT2D eigenvalue weighted by Gasteiger charge is 2.13. The van der Waals surface area contributed by atoms with E-state index in [4.69, 9.17) is 9.47 Å². The zero-order valence-electron chi connectivity index (χ0n) is 18.0. The number of nitriles is 1. The van der Waals surface area contributed by atoms with E-state index in [-0.39, 0.29) is 11.6 Å². The van der Waals surface area contributed by atoms with Crippen molar-refractivity contribution in [2.24, 2.45) is 0 Å². The normalized spacial score (nSPS) is 11.9. The second-order valence-electron chi connectivity index (χ2n) is 6.85. The van der Waals surface area contributed by atoms with Gasteiger partial charge in [-0.3, -0.25) is 4.79 Å². The number of amides is 1. The molecule has 0 aliphatic carbocycles. The van der Waals surface area contributed by atoms with Gasteiger partial charge >= 0.3 is 0 Å². The first-order valence-electron chi connectivity index (χ1n) is 9.96. The Kier molecular flexibility index (Phi) is 8.76. The molecule has 0 aromatic heterocycles. The van der Waals surface area contributed by atoms with Crippen molar-refractivity contribution in [3.05, 3.63) is 70.9 Å². The molecule has 1 atom stereocenters. The molecule has 0 heterocycles. The molecular formula is C24H29N3O3. The minimum Gasteiger partial charge on any atom is -0.493 e. The fourth-order valence-electron chi connectivity index (χ4n) is 2.98. The van der Waals surface area contributed by atoms with E-state index in [2.05, 4.69) is 29.7 Å². The topological polar surface area (TPSA) is 83.4 Å². The molecule has 158 valence electrons. The highest BCUT2D eigenvalue weighted by Crippen LogP contribution is 2.27. The van der Waals surface area contributed by atoms with E-state index in [0.717, 1.165) is 17.5 Å². The third kappa shape index (κ3) is 6.28. The number of rotatable bonds is 10. The van der Waals surface area contributed by atoms with Gasteiger partial charge in [0.1, 0.15) is 11.6 Å². The summed E-state index contributed by atoms with van der Waals surface area (Å²) in [6, 6.07) is 15.6. The largest absolute Gasteiger partial charge is 0.493 e. The number of hydrogen-bond acceptors (Lipinski definition) is 5. The monoisotopic (exact) mass is 407 g/mol. The quantitative estimate of drug-likeness (QED) is 0.357. The molecule has 1 amide bonds. The summed E-state index contributed by atoms with van der Waals surface area (Å²) in [5, 5.41) is 15.3. The Bertz CT molecular complexity index is 914. The number of carbonyl (C=O) groups is 1. The Labute approximate surface area is 178 Å². The lowest BCUT2D eigenvalue weighted by molar-refractivity contribution is -0.117. The molecule has 1 unspecified atom stereocenters. The van der Waals surface area contributed by atoms with Gasteiger partial charge in [0.25, 0.3) is 5.91 Å². The molecule has 0 radical (unpaired) electrons. The van der Waals surface area contributed by atoms with Crippen molar-refractivity contribution in [3.8, 4) is 17.6 Å². The Hall–Kier alpha value is -3.46. The summed E-state index contributed by atoms with van der Waals surface area (Å²) in [5.41, 5.74) is 3.34. The van der Waals surface area contributed by atoms with E-state index < -0.39 is 5.91 Å². The Balaban J connectivity index is 1.90. The molecule has 2 aromatic rings. The van der Waals surface area contributed by atoms with Crippen molar-refractivity contribution >= 4 is 5.91 Å². The third-order valence-electron chi connectivity index (χ3n) is 4.85. The SMILES string of the molecule is CCc1ccc(C(C)NC(=O)/C(C#N)=C\NCCc2ccc(OC)c(OC)c2)cc1. The zero-order chi connectivity index (χ0) is 21.9.